The standard InChI is InChI=1S/C24H22ClN3O4/c25-18-4-1-15(2-5-18)22-19(14-26-27-22)24(30)28-9-7-16(8-10-28)23(29)17-3-6-20-21(13-17)32-12-11-31-20/h1-6,13-14,16H,7-12H2,(H,26,27). The summed E-state index contributed by atoms with van der Waals surface area (Å²) in [5.41, 5.74) is 2.66. The zero-order chi connectivity index (χ0) is 22.1. The highest BCUT2D eigenvalue weighted by molar-refractivity contribution is 6.30. The summed E-state index contributed by atoms with van der Waals surface area (Å²) in [5.74, 6) is 1.16. The number of rotatable bonds is 4. The predicted molar refractivity (Wildman–Crippen MR) is 119 cm³/mol. The van der Waals surface area contributed by atoms with Crippen LogP contribution < -0.4 is 9.47 Å². The van der Waals surface area contributed by atoms with Gasteiger partial charge in [0.15, 0.2) is 17.3 Å². The summed E-state index contributed by atoms with van der Waals surface area (Å²) in [5, 5.41) is 7.62. The summed E-state index contributed by atoms with van der Waals surface area (Å²) in [6.07, 6.45) is 2.79. The lowest BCUT2D eigenvalue weighted by atomic mass is 9.88. The monoisotopic (exact) mass is 451 g/mol. The molecule has 2 aliphatic heterocycles. The number of H-pyrrole nitrogens is 1. The molecule has 1 N–H and O–H groups in total. The quantitative estimate of drug-likeness (QED) is 0.600. The van der Waals surface area contributed by atoms with Crippen LogP contribution in [0.2, 0.25) is 5.02 Å². The number of aromatic nitrogens is 2. The normalized spacial score (nSPS) is 16.1. The number of Topliss-reactive ketones (excluding diaryl/α,β-unsaturated/α-hetero) is 1. The summed E-state index contributed by atoms with van der Waals surface area (Å²) in [7, 11) is 0. The highest BCUT2D eigenvalue weighted by Crippen LogP contribution is 2.33. The molecule has 0 bridgehead atoms. The third-order valence-electron chi connectivity index (χ3n) is 5.98. The third-order valence-corrected chi connectivity index (χ3v) is 6.23. The van der Waals surface area contributed by atoms with E-state index in [0.29, 0.717) is 72.5 Å². The van der Waals surface area contributed by atoms with Crippen molar-refractivity contribution in [1.82, 2.24) is 15.1 Å². The zero-order valence-electron chi connectivity index (χ0n) is 17.3. The van der Waals surface area contributed by atoms with Gasteiger partial charge in [-0.15, -0.1) is 0 Å². The topological polar surface area (TPSA) is 84.5 Å². The number of hydrogen-bond donors (Lipinski definition) is 1. The Bertz CT molecular complexity index is 1150. The second-order valence-electron chi connectivity index (χ2n) is 7.95. The molecule has 1 amide bonds. The first kappa shape index (κ1) is 20.6. The van der Waals surface area contributed by atoms with Gasteiger partial charge in [0.2, 0.25) is 0 Å². The maximum Gasteiger partial charge on any atom is 0.257 e. The van der Waals surface area contributed by atoms with Crippen molar-refractivity contribution in [2.75, 3.05) is 26.3 Å². The minimum absolute atomic E-state index is 0.0826. The molecule has 0 radical (unpaired) electrons. The van der Waals surface area contributed by atoms with Gasteiger partial charge in [0, 0.05) is 35.2 Å². The van der Waals surface area contributed by atoms with Crippen LogP contribution in [-0.2, 0) is 0 Å². The van der Waals surface area contributed by atoms with Crippen LogP contribution in [0, 0.1) is 5.92 Å². The van der Waals surface area contributed by atoms with Crippen LogP contribution in [0.15, 0.2) is 48.7 Å². The molecule has 1 aromatic heterocycles. The van der Waals surface area contributed by atoms with Crippen molar-refractivity contribution < 1.29 is 19.1 Å². The zero-order valence-corrected chi connectivity index (χ0v) is 18.1. The van der Waals surface area contributed by atoms with Crippen LogP contribution in [-0.4, -0.2) is 53.1 Å². The van der Waals surface area contributed by atoms with Gasteiger partial charge >= 0.3 is 0 Å². The number of amides is 1. The fourth-order valence-corrected chi connectivity index (χ4v) is 4.36. The van der Waals surface area contributed by atoms with E-state index in [2.05, 4.69) is 10.2 Å². The van der Waals surface area contributed by atoms with Crippen LogP contribution in [0.4, 0.5) is 0 Å². The molecular weight excluding hydrogens is 430 g/mol. The Morgan fingerprint density at radius 3 is 2.47 bits per heavy atom. The van der Waals surface area contributed by atoms with Gasteiger partial charge < -0.3 is 14.4 Å². The third kappa shape index (κ3) is 3.96. The van der Waals surface area contributed by atoms with Crippen LogP contribution in [0.5, 0.6) is 11.5 Å². The number of ketones is 1. The fraction of sp³-hybridized carbons (Fsp3) is 0.292. The number of nitrogens with one attached hydrogen (secondary N) is 1. The molecule has 7 nitrogen and oxygen atoms in total. The van der Waals surface area contributed by atoms with Crippen LogP contribution >= 0.6 is 11.6 Å². The van der Waals surface area contributed by atoms with Crippen LogP contribution in [0.25, 0.3) is 11.3 Å². The number of carbonyl (C=O) groups is 2. The largest absolute Gasteiger partial charge is 0.486 e. The summed E-state index contributed by atoms with van der Waals surface area (Å²) in [4.78, 5) is 28.0. The lowest BCUT2D eigenvalue weighted by molar-refractivity contribution is 0.0651. The first-order chi connectivity index (χ1) is 15.6. The van der Waals surface area contributed by atoms with E-state index in [1.165, 1.54) is 0 Å². The van der Waals surface area contributed by atoms with Crippen LogP contribution in [0.1, 0.15) is 33.6 Å². The molecule has 3 aromatic rings. The van der Waals surface area contributed by atoms with Crippen molar-refractivity contribution in [3.63, 3.8) is 0 Å². The Labute approximate surface area is 190 Å². The Hall–Kier alpha value is -3.32. The van der Waals surface area contributed by atoms with Gasteiger partial charge in [-0.05, 0) is 43.2 Å². The highest BCUT2D eigenvalue weighted by atomic mass is 35.5. The molecule has 3 heterocycles. The minimum atomic E-state index is -0.123. The molecule has 1 fully saturated rings. The number of benzene rings is 2. The van der Waals surface area contributed by atoms with Crippen molar-refractivity contribution in [3.05, 3.63) is 64.8 Å². The van der Waals surface area contributed by atoms with Gasteiger partial charge in [-0.3, -0.25) is 14.7 Å². The summed E-state index contributed by atoms with van der Waals surface area (Å²) >= 11 is 5.97. The number of fused-ring (bicyclic) bond motifs is 1. The second kappa shape index (κ2) is 8.67. The molecule has 8 heteroatoms. The molecule has 0 spiro atoms. The summed E-state index contributed by atoms with van der Waals surface area (Å²) < 4.78 is 11.1. The molecular formula is C24H22ClN3O4. The van der Waals surface area contributed by atoms with E-state index >= 15 is 0 Å². The predicted octanol–water partition coefficient (Wildman–Crippen LogP) is 4.24. The van der Waals surface area contributed by atoms with E-state index < -0.39 is 0 Å². The Kier molecular flexibility index (Phi) is 5.57. The van der Waals surface area contributed by atoms with Gasteiger partial charge in [0.05, 0.1) is 17.5 Å². The number of aromatic amines is 1. The summed E-state index contributed by atoms with van der Waals surface area (Å²) in [6.45, 7) is 2.04. The van der Waals surface area contributed by atoms with E-state index in [1.807, 2.05) is 12.1 Å². The maximum atomic E-state index is 13.2. The van der Waals surface area contributed by atoms with Crippen molar-refractivity contribution in [2.24, 2.45) is 5.92 Å². The lowest BCUT2D eigenvalue weighted by Crippen LogP contribution is -2.40. The average molecular weight is 452 g/mol. The van der Waals surface area contributed by atoms with Crippen molar-refractivity contribution in [2.45, 2.75) is 12.8 Å². The fourth-order valence-electron chi connectivity index (χ4n) is 4.23. The molecule has 0 saturated carbocycles. The first-order valence-corrected chi connectivity index (χ1v) is 11.0. The number of piperidine rings is 1. The Morgan fingerprint density at radius 1 is 1.00 bits per heavy atom. The number of halogens is 1. The van der Waals surface area contributed by atoms with Crippen molar-refractivity contribution >= 4 is 23.3 Å². The number of ether oxygens (including phenoxy) is 2. The van der Waals surface area contributed by atoms with Crippen molar-refractivity contribution in [1.29, 1.82) is 0 Å². The van der Waals surface area contributed by atoms with Crippen LogP contribution in [0.3, 0.4) is 0 Å². The smallest absolute Gasteiger partial charge is 0.257 e. The first-order valence-electron chi connectivity index (χ1n) is 10.6. The molecule has 5 rings (SSSR count). The van der Waals surface area contributed by atoms with Gasteiger partial charge in [-0.25, -0.2) is 0 Å². The van der Waals surface area contributed by atoms with E-state index in [0.717, 1.165) is 5.56 Å². The molecule has 0 atom stereocenters. The Morgan fingerprint density at radius 2 is 1.72 bits per heavy atom. The minimum Gasteiger partial charge on any atom is -0.486 e. The number of hydrogen-bond acceptors (Lipinski definition) is 5. The van der Waals surface area contributed by atoms with Gasteiger partial charge in [0.1, 0.15) is 13.2 Å². The average Bonchev–Trinajstić information content (AvgIpc) is 3.33. The maximum absolute atomic E-state index is 13.2. The van der Waals surface area contributed by atoms with E-state index in [1.54, 1.807) is 41.4 Å². The summed E-state index contributed by atoms with van der Waals surface area (Å²) in [6, 6.07) is 12.6. The van der Waals surface area contributed by atoms with E-state index in [9.17, 15) is 9.59 Å². The molecule has 164 valence electrons. The van der Waals surface area contributed by atoms with Gasteiger partial charge in [-0.1, -0.05) is 23.7 Å². The SMILES string of the molecule is O=C(c1ccc2c(c1)OCCO2)C1CCN(C(=O)c2cn[nH]c2-c2ccc(Cl)cc2)CC1. The van der Waals surface area contributed by atoms with Gasteiger partial charge in [-0.2, -0.15) is 5.10 Å². The van der Waals surface area contributed by atoms with E-state index in [4.69, 9.17) is 21.1 Å². The van der Waals surface area contributed by atoms with Crippen molar-refractivity contribution in [3.8, 4) is 22.8 Å². The number of carbonyl (C=O) groups excluding carboxylic acids is 2. The number of likely N-dealkylation sites (tertiary alicyclic amines) is 1. The highest BCUT2D eigenvalue weighted by Gasteiger charge is 2.30. The van der Waals surface area contributed by atoms with E-state index in [-0.39, 0.29) is 17.6 Å². The van der Waals surface area contributed by atoms with Gasteiger partial charge in [0.25, 0.3) is 5.91 Å². The molecule has 1 saturated heterocycles. The number of nitrogens with zero attached hydrogens (tertiary/aromatic N) is 2. The molecule has 2 aliphatic rings. The molecule has 0 aliphatic carbocycles. The molecule has 32 heavy (non-hydrogen) atoms. The molecule has 0 unspecified atom stereocenters. The second-order valence-corrected chi connectivity index (χ2v) is 8.39. The molecule has 2 aromatic carbocycles. The lowest BCUT2D eigenvalue weighted by Gasteiger charge is -2.31. The Balaban J connectivity index is 1.25.